The van der Waals surface area contributed by atoms with Crippen molar-refractivity contribution in [1.29, 1.82) is 0 Å². The fourth-order valence-electron chi connectivity index (χ4n) is 2.45. The zero-order chi connectivity index (χ0) is 13.4. The van der Waals surface area contributed by atoms with Crippen LogP contribution in [0.1, 0.15) is 17.2 Å². The summed E-state index contributed by atoms with van der Waals surface area (Å²) >= 11 is 0. The van der Waals surface area contributed by atoms with Crippen molar-refractivity contribution in [3.63, 3.8) is 0 Å². The molecule has 2 aromatic carbocycles. The van der Waals surface area contributed by atoms with Gasteiger partial charge in [0, 0.05) is 0 Å². The lowest BCUT2D eigenvalue weighted by Gasteiger charge is -2.13. The van der Waals surface area contributed by atoms with E-state index in [1.807, 2.05) is 6.07 Å². The Morgan fingerprint density at radius 3 is 2.68 bits per heavy atom. The first-order valence-corrected chi connectivity index (χ1v) is 6.06. The largest absolute Gasteiger partial charge is 0.494 e. The molecule has 1 N–H and O–H groups in total. The number of ether oxygens (including phenoxy) is 1. The Hall–Kier alpha value is -2.10. The highest BCUT2D eigenvalue weighted by molar-refractivity contribution is 5.59. The summed E-state index contributed by atoms with van der Waals surface area (Å²) in [5, 5.41) is 3.10. The number of hydrogen-bond donors (Lipinski definition) is 1. The molecular formula is C15H13F2NO. The van der Waals surface area contributed by atoms with Gasteiger partial charge in [-0.3, -0.25) is 0 Å². The van der Waals surface area contributed by atoms with Crippen LogP contribution >= 0.6 is 0 Å². The summed E-state index contributed by atoms with van der Waals surface area (Å²) in [5.74, 6) is -0.461. The summed E-state index contributed by atoms with van der Waals surface area (Å²) in [7, 11) is 1.43. The van der Waals surface area contributed by atoms with Gasteiger partial charge in [-0.05, 0) is 35.7 Å². The number of para-hydroxylation sites is 1. The van der Waals surface area contributed by atoms with Crippen LogP contribution in [0.4, 0.5) is 14.5 Å². The number of hydrogen-bond acceptors (Lipinski definition) is 2. The van der Waals surface area contributed by atoms with Crippen LogP contribution in [-0.2, 0) is 6.42 Å². The van der Waals surface area contributed by atoms with Gasteiger partial charge >= 0.3 is 0 Å². The predicted octanol–water partition coefficient (Wildman–Crippen LogP) is 3.68. The molecule has 0 radical (unpaired) electrons. The maximum absolute atomic E-state index is 13.7. The van der Waals surface area contributed by atoms with Gasteiger partial charge in [0.2, 0.25) is 0 Å². The van der Waals surface area contributed by atoms with E-state index < -0.39 is 5.82 Å². The SMILES string of the molecule is COc1ccc(C2Cc3cccc(F)c3N2)cc1F. The van der Waals surface area contributed by atoms with E-state index >= 15 is 0 Å². The third-order valence-electron chi connectivity index (χ3n) is 3.42. The Morgan fingerprint density at radius 1 is 1.16 bits per heavy atom. The van der Waals surface area contributed by atoms with Gasteiger partial charge in [0.1, 0.15) is 5.82 Å². The average Bonchev–Trinajstić information content (AvgIpc) is 2.84. The minimum Gasteiger partial charge on any atom is -0.494 e. The predicted molar refractivity (Wildman–Crippen MR) is 69.4 cm³/mol. The lowest BCUT2D eigenvalue weighted by atomic mass is 10.0. The van der Waals surface area contributed by atoms with E-state index in [1.54, 1.807) is 18.2 Å². The van der Waals surface area contributed by atoms with E-state index in [0.717, 1.165) is 11.1 Å². The first kappa shape index (κ1) is 12.0. The van der Waals surface area contributed by atoms with E-state index in [-0.39, 0.29) is 17.6 Å². The Morgan fingerprint density at radius 2 is 2.00 bits per heavy atom. The third kappa shape index (κ3) is 2.03. The van der Waals surface area contributed by atoms with Crippen molar-refractivity contribution in [1.82, 2.24) is 0 Å². The molecule has 4 heteroatoms. The quantitative estimate of drug-likeness (QED) is 0.890. The van der Waals surface area contributed by atoms with Gasteiger partial charge in [0.15, 0.2) is 11.6 Å². The smallest absolute Gasteiger partial charge is 0.165 e. The van der Waals surface area contributed by atoms with Crippen molar-refractivity contribution in [2.75, 3.05) is 12.4 Å². The van der Waals surface area contributed by atoms with Crippen LogP contribution in [0.2, 0.25) is 0 Å². The molecule has 0 saturated heterocycles. The first-order chi connectivity index (χ1) is 9.19. The van der Waals surface area contributed by atoms with Crippen molar-refractivity contribution < 1.29 is 13.5 Å². The molecule has 1 atom stereocenters. The van der Waals surface area contributed by atoms with Crippen molar-refractivity contribution >= 4 is 5.69 Å². The number of rotatable bonds is 2. The van der Waals surface area contributed by atoms with Gasteiger partial charge in [-0.2, -0.15) is 0 Å². The summed E-state index contributed by atoms with van der Waals surface area (Å²) in [6, 6.07) is 9.70. The van der Waals surface area contributed by atoms with E-state index in [2.05, 4.69) is 5.32 Å². The molecule has 1 aliphatic rings. The number of anilines is 1. The molecule has 2 nitrogen and oxygen atoms in total. The van der Waals surface area contributed by atoms with Crippen molar-refractivity contribution in [3.8, 4) is 5.75 Å². The molecule has 19 heavy (non-hydrogen) atoms. The summed E-state index contributed by atoms with van der Waals surface area (Å²) in [6.07, 6.45) is 0.652. The molecule has 98 valence electrons. The number of benzene rings is 2. The summed E-state index contributed by atoms with van der Waals surface area (Å²) in [5.41, 5.74) is 2.22. The topological polar surface area (TPSA) is 21.3 Å². The highest BCUT2D eigenvalue weighted by atomic mass is 19.1. The van der Waals surface area contributed by atoms with Crippen LogP contribution in [-0.4, -0.2) is 7.11 Å². The van der Waals surface area contributed by atoms with Crippen molar-refractivity contribution in [2.24, 2.45) is 0 Å². The van der Waals surface area contributed by atoms with Crippen LogP contribution < -0.4 is 10.1 Å². The second-order valence-electron chi connectivity index (χ2n) is 4.57. The van der Waals surface area contributed by atoms with Crippen LogP contribution in [0.5, 0.6) is 5.75 Å². The zero-order valence-corrected chi connectivity index (χ0v) is 10.4. The monoisotopic (exact) mass is 261 g/mol. The fraction of sp³-hybridized carbons (Fsp3) is 0.200. The Bertz CT molecular complexity index is 628. The van der Waals surface area contributed by atoms with Crippen molar-refractivity contribution in [2.45, 2.75) is 12.5 Å². The molecule has 0 bridgehead atoms. The third-order valence-corrected chi connectivity index (χ3v) is 3.42. The maximum atomic E-state index is 13.7. The van der Waals surface area contributed by atoms with E-state index in [4.69, 9.17) is 4.74 Å². The van der Waals surface area contributed by atoms with Crippen LogP contribution in [0.15, 0.2) is 36.4 Å². The molecule has 1 heterocycles. The Labute approximate surface area is 110 Å². The van der Waals surface area contributed by atoms with Gasteiger partial charge in [0.25, 0.3) is 0 Å². The van der Waals surface area contributed by atoms with E-state index in [1.165, 1.54) is 19.2 Å². The lowest BCUT2D eigenvalue weighted by Crippen LogP contribution is -2.06. The normalized spacial score (nSPS) is 16.9. The molecule has 2 aromatic rings. The number of nitrogens with one attached hydrogen (secondary N) is 1. The van der Waals surface area contributed by atoms with Gasteiger partial charge in [0.05, 0.1) is 18.8 Å². The van der Waals surface area contributed by atoms with E-state index in [9.17, 15) is 8.78 Å². The molecule has 0 fully saturated rings. The van der Waals surface area contributed by atoms with Gasteiger partial charge in [-0.25, -0.2) is 8.78 Å². The minimum absolute atomic E-state index is 0.104. The second-order valence-corrected chi connectivity index (χ2v) is 4.57. The number of halogens is 2. The number of fused-ring (bicyclic) bond motifs is 1. The molecule has 0 saturated carbocycles. The first-order valence-electron chi connectivity index (χ1n) is 6.06. The van der Waals surface area contributed by atoms with Crippen molar-refractivity contribution in [3.05, 3.63) is 59.2 Å². The standard InChI is InChI=1S/C15H13F2NO/c1-19-14-6-5-9(7-12(14)17)13-8-10-3-2-4-11(16)15(10)18-13/h2-7,13,18H,8H2,1H3. The van der Waals surface area contributed by atoms with E-state index in [0.29, 0.717) is 12.1 Å². The molecule has 0 aromatic heterocycles. The molecule has 0 spiro atoms. The summed E-state index contributed by atoms with van der Waals surface area (Å²) in [6.45, 7) is 0. The Kier molecular flexibility index (Phi) is 2.85. The average molecular weight is 261 g/mol. The Balaban J connectivity index is 1.91. The molecule has 0 amide bonds. The summed E-state index contributed by atoms with van der Waals surface area (Å²) in [4.78, 5) is 0. The van der Waals surface area contributed by atoms with Gasteiger partial charge < -0.3 is 10.1 Å². The zero-order valence-electron chi connectivity index (χ0n) is 10.4. The number of methoxy groups -OCH3 is 1. The molecule has 3 rings (SSSR count). The molecular weight excluding hydrogens is 248 g/mol. The highest BCUT2D eigenvalue weighted by Crippen LogP contribution is 2.36. The fourth-order valence-corrected chi connectivity index (χ4v) is 2.45. The highest BCUT2D eigenvalue weighted by Gasteiger charge is 2.24. The molecule has 0 aliphatic carbocycles. The van der Waals surface area contributed by atoms with Gasteiger partial charge in [-0.1, -0.05) is 18.2 Å². The molecule has 1 unspecified atom stereocenters. The van der Waals surface area contributed by atoms with Crippen LogP contribution in [0.25, 0.3) is 0 Å². The minimum atomic E-state index is -0.404. The molecule has 1 aliphatic heterocycles. The second kappa shape index (κ2) is 4.53. The summed E-state index contributed by atoms with van der Waals surface area (Å²) < 4.78 is 32.2. The lowest BCUT2D eigenvalue weighted by molar-refractivity contribution is 0.386. The van der Waals surface area contributed by atoms with Crippen LogP contribution in [0.3, 0.4) is 0 Å². The van der Waals surface area contributed by atoms with Gasteiger partial charge in [-0.15, -0.1) is 0 Å². The van der Waals surface area contributed by atoms with Crippen LogP contribution in [0, 0.1) is 11.6 Å². The maximum Gasteiger partial charge on any atom is 0.165 e.